The van der Waals surface area contributed by atoms with E-state index in [0.29, 0.717) is 11.1 Å². The highest BCUT2D eigenvalue weighted by molar-refractivity contribution is 5.75. The van der Waals surface area contributed by atoms with Gasteiger partial charge in [-0.15, -0.1) is 0 Å². The zero-order valence-electron chi connectivity index (χ0n) is 10.6. The van der Waals surface area contributed by atoms with E-state index in [1.165, 1.54) is 17.7 Å². The predicted molar refractivity (Wildman–Crippen MR) is 70.3 cm³/mol. The minimum atomic E-state index is -0.266. The van der Waals surface area contributed by atoms with Gasteiger partial charge >= 0.3 is 0 Å². The molecule has 1 aromatic rings. The molecule has 0 spiro atoms. The SMILES string of the molecule is CN(C)CC1=CC(c2cc(C=O)ccc2F)C=C1. The van der Waals surface area contributed by atoms with Gasteiger partial charge < -0.3 is 4.90 Å². The van der Waals surface area contributed by atoms with Crippen molar-refractivity contribution in [1.29, 1.82) is 0 Å². The van der Waals surface area contributed by atoms with E-state index in [1.54, 1.807) is 6.07 Å². The van der Waals surface area contributed by atoms with Crippen LogP contribution in [0.25, 0.3) is 0 Å². The van der Waals surface area contributed by atoms with E-state index in [1.807, 2.05) is 32.3 Å². The maximum Gasteiger partial charge on any atom is 0.150 e. The molecule has 2 rings (SSSR count). The summed E-state index contributed by atoms with van der Waals surface area (Å²) in [5.74, 6) is -0.336. The molecule has 3 heteroatoms. The molecule has 1 aliphatic carbocycles. The zero-order chi connectivity index (χ0) is 13.1. The Hall–Kier alpha value is -1.74. The van der Waals surface area contributed by atoms with E-state index in [-0.39, 0.29) is 11.7 Å². The summed E-state index contributed by atoms with van der Waals surface area (Å²) in [4.78, 5) is 12.8. The lowest BCUT2D eigenvalue weighted by Crippen LogP contribution is -2.13. The van der Waals surface area contributed by atoms with Gasteiger partial charge in [0.25, 0.3) is 0 Å². The first-order valence-electron chi connectivity index (χ1n) is 5.88. The number of hydrogen-bond donors (Lipinski definition) is 0. The molecule has 0 heterocycles. The minimum absolute atomic E-state index is 0.0696. The molecule has 0 fully saturated rings. The number of allylic oxidation sites excluding steroid dienone is 2. The maximum absolute atomic E-state index is 13.8. The van der Waals surface area contributed by atoms with E-state index < -0.39 is 0 Å². The summed E-state index contributed by atoms with van der Waals surface area (Å²) >= 11 is 0. The number of hydrogen-bond acceptors (Lipinski definition) is 2. The first-order chi connectivity index (χ1) is 8.60. The molecule has 18 heavy (non-hydrogen) atoms. The van der Waals surface area contributed by atoms with Crippen LogP contribution in [0.5, 0.6) is 0 Å². The number of carbonyl (C=O) groups excluding carboxylic acids is 1. The van der Waals surface area contributed by atoms with E-state index in [4.69, 9.17) is 0 Å². The molecule has 1 aliphatic rings. The Morgan fingerprint density at radius 2 is 2.17 bits per heavy atom. The van der Waals surface area contributed by atoms with Crippen LogP contribution < -0.4 is 0 Å². The van der Waals surface area contributed by atoms with Crippen LogP contribution in [0.1, 0.15) is 21.8 Å². The van der Waals surface area contributed by atoms with Gasteiger partial charge in [-0.3, -0.25) is 4.79 Å². The molecule has 0 aromatic heterocycles. The smallest absolute Gasteiger partial charge is 0.150 e. The van der Waals surface area contributed by atoms with Crippen molar-refractivity contribution in [3.8, 4) is 0 Å². The van der Waals surface area contributed by atoms with Crippen LogP contribution in [0.3, 0.4) is 0 Å². The van der Waals surface area contributed by atoms with Gasteiger partial charge in [0.15, 0.2) is 0 Å². The molecule has 94 valence electrons. The van der Waals surface area contributed by atoms with Gasteiger partial charge in [-0.05, 0) is 43.4 Å². The third-order valence-electron chi connectivity index (χ3n) is 2.93. The van der Waals surface area contributed by atoms with Crippen molar-refractivity contribution in [3.63, 3.8) is 0 Å². The number of aldehydes is 1. The van der Waals surface area contributed by atoms with Gasteiger partial charge in [0.05, 0.1) is 0 Å². The average Bonchev–Trinajstić information content (AvgIpc) is 2.77. The fourth-order valence-electron chi connectivity index (χ4n) is 2.12. The van der Waals surface area contributed by atoms with E-state index >= 15 is 0 Å². The van der Waals surface area contributed by atoms with E-state index in [2.05, 4.69) is 4.90 Å². The number of benzene rings is 1. The number of rotatable bonds is 4. The highest BCUT2D eigenvalue weighted by Gasteiger charge is 2.16. The largest absolute Gasteiger partial charge is 0.305 e. The summed E-state index contributed by atoms with van der Waals surface area (Å²) in [5.41, 5.74) is 2.24. The van der Waals surface area contributed by atoms with Gasteiger partial charge in [-0.2, -0.15) is 0 Å². The monoisotopic (exact) mass is 245 g/mol. The lowest BCUT2D eigenvalue weighted by atomic mass is 9.98. The molecule has 2 nitrogen and oxygen atoms in total. The highest BCUT2D eigenvalue weighted by atomic mass is 19.1. The lowest BCUT2D eigenvalue weighted by Gasteiger charge is -2.10. The number of likely N-dealkylation sites (N-methyl/N-ethyl adjacent to an activating group) is 1. The van der Waals surface area contributed by atoms with Crippen LogP contribution in [0, 0.1) is 5.82 Å². The predicted octanol–water partition coefficient (Wildman–Crippen LogP) is 2.78. The molecule has 0 saturated heterocycles. The maximum atomic E-state index is 13.8. The molecule has 1 unspecified atom stereocenters. The van der Waals surface area contributed by atoms with E-state index in [9.17, 15) is 9.18 Å². The third kappa shape index (κ3) is 2.74. The second kappa shape index (κ2) is 5.27. The van der Waals surface area contributed by atoms with Crippen molar-refractivity contribution < 1.29 is 9.18 Å². The third-order valence-corrected chi connectivity index (χ3v) is 2.93. The molecular weight excluding hydrogens is 229 g/mol. The fraction of sp³-hybridized carbons (Fsp3) is 0.267. The highest BCUT2D eigenvalue weighted by Crippen LogP contribution is 2.29. The van der Waals surface area contributed by atoms with E-state index in [0.717, 1.165) is 12.8 Å². The molecule has 0 bridgehead atoms. The number of halogens is 1. The summed E-state index contributed by atoms with van der Waals surface area (Å²) < 4.78 is 13.8. The quantitative estimate of drug-likeness (QED) is 0.760. The lowest BCUT2D eigenvalue weighted by molar-refractivity contribution is 0.112. The summed E-state index contributed by atoms with van der Waals surface area (Å²) in [7, 11) is 3.99. The van der Waals surface area contributed by atoms with Crippen molar-refractivity contribution in [2.45, 2.75) is 5.92 Å². The molecule has 0 N–H and O–H groups in total. The topological polar surface area (TPSA) is 20.3 Å². The van der Waals surface area contributed by atoms with Gasteiger partial charge in [0.1, 0.15) is 12.1 Å². The van der Waals surface area contributed by atoms with Gasteiger partial charge in [0.2, 0.25) is 0 Å². The Balaban J connectivity index is 2.26. The molecule has 0 amide bonds. The first-order valence-corrected chi connectivity index (χ1v) is 5.88. The second-order valence-corrected chi connectivity index (χ2v) is 4.76. The normalized spacial score (nSPS) is 18.2. The summed E-state index contributed by atoms with van der Waals surface area (Å²) in [6.45, 7) is 0.835. The van der Waals surface area contributed by atoms with Gasteiger partial charge in [0, 0.05) is 18.0 Å². The average molecular weight is 245 g/mol. The minimum Gasteiger partial charge on any atom is -0.305 e. The van der Waals surface area contributed by atoms with Crippen LogP contribution in [0.15, 0.2) is 42.0 Å². The summed E-state index contributed by atoms with van der Waals surface area (Å²) in [6.07, 6.45) is 6.75. The summed E-state index contributed by atoms with van der Waals surface area (Å²) in [5, 5.41) is 0. The molecule has 0 aliphatic heterocycles. The molecule has 1 aromatic carbocycles. The van der Waals surface area contributed by atoms with Crippen LogP contribution in [0.2, 0.25) is 0 Å². The van der Waals surface area contributed by atoms with Crippen LogP contribution >= 0.6 is 0 Å². The number of carbonyl (C=O) groups is 1. The second-order valence-electron chi connectivity index (χ2n) is 4.76. The zero-order valence-corrected chi connectivity index (χ0v) is 10.6. The number of nitrogens with zero attached hydrogens (tertiary/aromatic N) is 1. The van der Waals surface area contributed by atoms with Crippen LogP contribution in [-0.4, -0.2) is 31.8 Å². The van der Waals surface area contributed by atoms with Crippen molar-refractivity contribution in [2.75, 3.05) is 20.6 Å². The Kier molecular flexibility index (Phi) is 3.72. The molecular formula is C15H16FNO. The Labute approximate surface area is 106 Å². The molecule has 1 atom stereocenters. The molecule has 0 radical (unpaired) electrons. The van der Waals surface area contributed by atoms with Crippen molar-refractivity contribution in [2.24, 2.45) is 0 Å². The van der Waals surface area contributed by atoms with Crippen molar-refractivity contribution in [1.82, 2.24) is 4.90 Å². The Morgan fingerprint density at radius 1 is 1.39 bits per heavy atom. The van der Waals surface area contributed by atoms with Crippen LogP contribution in [0.4, 0.5) is 4.39 Å². The van der Waals surface area contributed by atoms with Crippen molar-refractivity contribution in [3.05, 3.63) is 58.9 Å². The Bertz CT molecular complexity index is 517. The first kappa shape index (κ1) is 12.7. The summed E-state index contributed by atoms with van der Waals surface area (Å²) in [6, 6.07) is 4.46. The standard InChI is InChI=1S/C15H16FNO/c1-17(2)9-11-3-5-13(7-11)14-8-12(10-18)4-6-15(14)16/h3-8,10,13H,9H2,1-2H3. The molecule has 0 saturated carbocycles. The van der Waals surface area contributed by atoms with Gasteiger partial charge in [-0.1, -0.05) is 18.2 Å². The van der Waals surface area contributed by atoms with Gasteiger partial charge in [-0.25, -0.2) is 4.39 Å². The Morgan fingerprint density at radius 3 is 2.83 bits per heavy atom. The fourth-order valence-corrected chi connectivity index (χ4v) is 2.12. The van der Waals surface area contributed by atoms with Crippen molar-refractivity contribution >= 4 is 6.29 Å². The van der Waals surface area contributed by atoms with Crippen LogP contribution in [-0.2, 0) is 0 Å².